The minimum absolute atomic E-state index is 0.0764. The Balaban J connectivity index is 2.10. The molecule has 1 aliphatic rings. The molecular formula is C12H16BrFN2O3S. The van der Waals surface area contributed by atoms with E-state index in [1.54, 1.807) is 0 Å². The van der Waals surface area contributed by atoms with Crippen LogP contribution in [0, 0.1) is 5.82 Å². The second kappa shape index (κ2) is 5.97. The topological polar surface area (TPSA) is 81.4 Å². The number of hydrogen-bond donors (Lipinski definition) is 2. The molecule has 1 saturated carbocycles. The van der Waals surface area contributed by atoms with E-state index in [4.69, 9.17) is 10.5 Å². The first-order valence-corrected chi connectivity index (χ1v) is 8.49. The Kier molecular flexibility index (Phi) is 4.68. The zero-order chi connectivity index (χ0) is 14.9. The normalized spacial score (nSPS) is 22.6. The molecule has 5 nitrogen and oxygen atoms in total. The third-order valence-corrected chi connectivity index (χ3v) is 5.38. The highest BCUT2D eigenvalue weighted by Gasteiger charge is 2.34. The Bertz CT molecular complexity index is 603. The standard InChI is InChI=1S/C12H16BrFN2O3S/c1-2-19-8-3-7(4-8)16-20(17,18)12-6-11(15)9(13)5-10(12)14/h5-8,16H,2-4,15H2,1H3. The Morgan fingerprint density at radius 3 is 2.75 bits per heavy atom. The number of benzene rings is 1. The van der Waals surface area contributed by atoms with Gasteiger partial charge >= 0.3 is 0 Å². The fourth-order valence-corrected chi connectivity index (χ4v) is 3.74. The van der Waals surface area contributed by atoms with Gasteiger partial charge in [-0.1, -0.05) is 0 Å². The zero-order valence-corrected chi connectivity index (χ0v) is 13.3. The van der Waals surface area contributed by atoms with Gasteiger partial charge in [-0.3, -0.25) is 0 Å². The number of sulfonamides is 1. The molecule has 0 radical (unpaired) electrons. The maximum atomic E-state index is 13.8. The molecule has 3 N–H and O–H groups in total. The first-order valence-electron chi connectivity index (χ1n) is 6.22. The van der Waals surface area contributed by atoms with Gasteiger partial charge in [0.1, 0.15) is 10.7 Å². The molecule has 2 rings (SSSR count). The van der Waals surface area contributed by atoms with Crippen LogP contribution in [0.5, 0.6) is 0 Å². The van der Waals surface area contributed by atoms with Crippen LogP contribution in [0.1, 0.15) is 19.8 Å². The van der Waals surface area contributed by atoms with Gasteiger partial charge < -0.3 is 10.5 Å². The lowest BCUT2D eigenvalue weighted by Crippen LogP contribution is -2.47. The highest BCUT2D eigenvalue weighted by atomic mass is 79.9. The lowest BCUT2D eigenvalue weighted by Gasteiger charge is -2.35. The second-order valence-electron chi connectivity index (χ2n) is 4.67. The molecule has 0 heterocycles. The van der Waals surface area contributed by atoms with Gasteiger partial charge in [0.25, 0.3) is 0 Å². The number of hydrogen-bond acceptors (Lipinski definition) is 4. The van der Waals surface area contributed by atoms with Crippen molar-refractivity contribution in [2.75, 3.05) is 12.3 Å². The van der Waals surface area contributed by atoms with Gasteiger partial charge in [-0.2, -0.15) is 0 Å². The quantitative estimate of drug-likeness (QED) is 0.781. The molecule has 1 fully saturated rings. The summed E-state index contributed by atoms with van der Waals surface area (Å²) in [7, 11) is -3.91. The highest BCUT2D eigenvalue weighted by Crippen LogP contribution is 2.28. The van der Waals surface area contributed by atoms with Crippen molar-refractivity contribution in [3.8, 4) is 0 Å². The Hall–Kier alpha value is -0.700. The van der Waals surface area contributed by atoms with Gasteiger partial charge in [-0.15, -0.1) is 0 Å². The zero-order valence-electron chi connectivity index (χ0n) is 10.9. The second-order valence-corrected chi connectivity index (χ2v) is 7.21. The number of ether oxygens (including phenoxy) is 1. The van der Waals surface area contributed by atoms with Crippen LogP contribution < -0.4 is 10.5 Å². The van der Waals surface area contributed by atoms with Crippen LogP contribution >= 0.6 is 15.9 Å². The number of rotatable bonds is 5. The molecular weight excluding hydrogens is 351 g/mol. The molecule has 1 aromatic rings. The summed E-state index contributed by atoms with van der Waals surface area (Å²) in [6, 6.07) is 1.94. The molecule has 0 unspecified atom stereocenters. The van der Waals surface area contributed by atoms with Crippen molar-refractivity contribution >= 4 is 31.6 Å². The van der Waals surface area contributed by atoms with E-state index in [0.717, 1.165) is 12.1 Å². The number of nitrogens with two attached hydrogens (primary N) is 1. The smallest absolute Gasteiger partial charge is 0.243 e. The Morgan fingerprint density at radius 1 is 1.50 bits per heavy atom. The van der Waals surface area contributed by atoms with Crippen LogP contribution in [0.25, 0.3) is 0 Å². The van der Waals surface area contributed by atoms with E-state index in [1.807, 2.05) is 6.92 Å². The molecule has 0 amide bonds. The summed E-state index contributed by atoms with van der Waals surface area (Å²) < 4.78 is 46.2. The van der Waals surface area contributed by atoms with E-state index in [1.165, 1.54) is 0 Å². The maximum absolute atomic E-state index is 13.8. The summed E-state index contributed by atoms with van der Waals surface area (Å²) in [5.74, 6) is -0.834. The summed E-state index contributed by atoms with van der Waals surface area (Å²) in [5.41, 5.74) is 5.77. The number of nitrogens with one attached hydrogen (secondary N) is 1. The van der Waals surface area contributed by atoms with Crippen LogP contribution in [0.15, 0.2) is 21.5 Å². The molecule has 0 aromatic heterocycles. The van der Waals surface area contributed by atoms with Gasteiger partial charge in [-0.25, -0.2) is 17.5 Å². The average molecular weight is 367 g/mol. The summed E-state index contributed by atoms with van der Waals surface area (Å²) in [6.07, 6.45) is 1.27. The summed E-state index contributed by atoms with van der Waals surface area (Å²) in [6.45, 7) is 2.49. The molecule has 20 heavy (non-hydrogen) atoms. The van der Waals surface area contributed by atoms with Crippen LogP contribution in [0.4, 0.5) is 10.1 Å². The van der Waals surface area contributed by atoms with E-state index in [-0.39, 0.29) is 17.8 Å². The molecule has 8 heteroatoms. The monoisotopic (exact) mass is 366 g/mol. The lowest BCUT2D eigenvalue weighted by molar-refractivity contribution is -0.00476. The van der Waals surface area contributed by atoms with Crippen molar-refractivity contribution in [1.82, 2.24) is 4.72 Å². The van der Waals surface area contributed by atoms with Crippen molar-refractivity contribution in [3.63, 3.8) is 0 Å². The third kappa shape index (κ3) is 3.30. The summed E-state index contributed by atoms with van der Waals surface area (Å²) >= 11 is 3.05. The van der Waals surface area contributed by atoms with Gasteiger partial charge in [0.15, 0.2) is 0 Å². The highest BCUT2D eigenvalue weighted by molar-refractivity contribution is 9.10. The van der Waals surface area contributed by atoms with Crippen molar-refractivity contribution in [2.24, 2.45) is 0 Å². The first-order chi connectivity index (χ1) is 9.33. The Labute approximate surface area is 125 Å². The minimum Gasteiger partial charge on any atom is -0.398 e. The molecule has 0 spiro atoms. The largest absolute Gasteiger partial charge is 0.398 e. The van der Waals surface area contributed by atoms with Crippen LogP contribution in [-0.4, -0.2) is 27.2 Å². The average Bonchev–Trinajstić information content (AvgIpc) is 2.31. The number of nitrogen functional groups attached to an aromatic ring is 1. The van der Waals surface area contributed by atoms with Crippen molar-refractivity contribution in [2.45, 2.75) is 36.8 Å². The van der Waals surface area contributed by atoms with E-state index >= 15 is 0 Å². The van der Waals surface area contributed by atoms with E-state index < -0.39 is 20.7 Å². The van der Waals surface area contributed by atoms with E-state index in [2.05, 4.69) is 20.7 Å². The van der Waals surface area contributed by atoms with Crippen LogP contribution in [-0.2, 0) is 14.8 Å². The molecule has 1 aromatic carbocycles. The molecule has 0 aliphatic heterocycles. The first kappa shape index (κ1) is 15.7. The van der Waals surface area contributed by atoms with Gasteiger partial charge in [0, 0.05) is 22.8 Å². The molecule has 0 saturated heterocycles. The van der Waals surface area contributed by atoms with Crippen molar-refractivity contribution < 1.29 is 17.5 Å². The molecule has 0 atom stereocenters. The predicted molar refractivity (Wildman–Crippen MR) is 77.3 cm³/mol. The third-order valence-electron chi connectivity index (χ3n) is 3.16. The fraction of sp³-hybridized carbons (Fsp3) is 0.500. The fourth-order valence-electron chi connectivity index (χ4n) is 2.07. The number of halogens is 2. The molecule has 112 valence electrons. The van der Waals surface area contributed by atoms with E-state index in [0.29, 0.717) is 23.9 Å². The minimum atomic E-state index is -3.91. The maximum Gasteiger partial charge on any atom is 0.243 e. The lowest BCUT2D eigenvalue weighted by atomic mass is 9.90. The van der Waals surface area contributed by atoms with Gasteiger partial charge in [-0.05, 0) is 47.8 Å². The number of anilines is 1. The molecule has 0 bridgehead atoms. The summed E-state index contributed by atoms with van der Waals surface area (Å²) in [4.78, 5) is -0.432. The van der Waals surface area contributed by atoms with E-state index in [9.17, 15) is 12.8 Å². The summed E-state index contributed by atoms with van der Waals surface area (Å²) in [5, 5.41) is 0. The SMILES string of the molecule is CCOC1CC(NS(=O)(=O)c2cc(N)c(Br)cc2F)C1. The van der Waals surface area contributed by atoms with Crippen molar-refractivity contribution in [1.29, 1.82) is 0 Å². The predicted octanol–water partition coefficient (Wildman–Crippen LogP) is 2.02. The van der Waals surface area contributed by atoms with Gasteiger partial charge in [0.2, 0.25) is 10.0 Å². The van der Waals surface area contributed by atoms with Gasteiger partial charge in [0.05, 0.1) is 6.10 Å². The van der Waals surface area contributed by atoms with Crippen LogP contribution in [0.2, 0.25) is 0 Å². The van der Waals surface area contributed by atoms with Crippen LogP contribution in [0.3, 0.4) is 0 Å². The molecule has 1 aliphatic carbocycles. The van der Waals surface area contributed by atoms with Crippen molar-refractivity contribution in [3.05, 3.63) is 22.4 Å². The Morgan fingerprint density at radius 2 is 2.15 bits per heavy atom.